The molecule has 2 aromatic carbocycles. The summed E-state index contributed by atoms with van der Waals surface area (Å²) in [5.41, 5.74) is 3.98. The zero-order valence-corrected chi connectivity index (χ0v) is 11.3. The van der Waals surface area contributed by atoms with E-state index in [2.05, 4.69) is 45.6 Å². The predicted octanol–water partition coefficient (Wildman–Crippen LogP) is 2.36. The standard InChI is InChI=1S/C16H17N3O/c1-17-14(9-11-5-3-2-4-6-11)12-7-8-13-15(10-12)19-16(20)18-13/h2-8,10,14,17H,9H2,1H3,(H2,18,19,20). The van der Waals surface area contributed by atoms with Crippen molar-refractivity contribution in [1.29, 1.82) is 0 Å². The number of aromatic nitrogens is 2. The first-order valence-corrected chi connectivity index (χ1v) is 6.69. The van der Waals surface area contributed by atoms with Gasteiger partial charge in [0.05, 0.1) is 11.0 Å². The van der Waals surface area contributed by atoms with Crippen LogP contribution in [0.25, 0.3) is 11.0 Å². The van der Waals surface area contributed by atoms with Gasteiger partial charge in [-0.2, -0.15) is 0 Å². The largest absolute Gasteiger partial charge is 0.323 e. The lowest BCUT2D eigenvalue weighted by molar-refractivity contribution is 0.592. The highest BCUT2D eigenvalue weighted by Crippen LogP contribution is 2.20. The molecular formula is C16H17N3O. The molecule has 0 spiro atoms. The maximum absolute atomic E-state index is 11.3. The van der Waals surface area contributed by atoms with Crippen molar-refractivity contribution >= 4 is 11.0 Å². The summed E-state index contributed by atoms with van der Waals surface area (Å²) < 4.78 is 0. The van der Waals surface area contributed by atoms with Crippen LogP contribution in [0.4, 0.5) is 0 Å². The van der Waals surface area contributed by atoms with E-state index >= 15 is 0 Å². The molecule has 1 aromatic heterocycles. The molecule has 102 valence electrons. The average molecular weight is 267 g/mol. The van der Waals surface area contributed by atoms with Gasteiger partial charge in [0.1, 0.15) is 0 Å². The lowest BCUT2D eigenvalue weighted by atomic mass is 9.99. The van der Waals surface area contributed by atoms with Crippen LogP contribution in [-0.2, 0) is 6.42 Å². The van der Waals surface area contributed by atoms with Gasteiger partial charge in [0, 0.05) is 6.04 Å². The van der Waals surface area contributed by atoms with E-state index < -0.39 is 0 Å². The van der Waals surface area contributed by atoms with Crippen LogP contribution in [0.3, 0.4) is 0 Å². The van der Waals surface area contributed by atoms with Crippen molar-refractivity contribution < 1.29 is 0 Å². The Labute approximate surface area is 116 Å². The summed E-state index contributed by atoms with van der Waals surface area (Å²) in [5, 5.41) is 3.34. The van der Waals surface area contributed by atoms with Crippen molar-refractivity contribution in [2.45, 2.75) is 12.5 Å². The smallest absolute Gasteiger partial charge is 0.313 e. The van der Waals surface area contributed by atoms with Gasteiger partial charge >= 0.3 is 5.69 Å². The second-order valence-electron chi connectivity index (χ2n) is 4.92. The summed E-state index contributed by atoms with van der Waals surface area (Å²) in [6.45, 7) is 0. The molecule has 4 nitrogen and oxygen atoms in total. The Morgan fingerprint density at radius 2 is 1.80 bits per heavy atom. The Hall–Kier alpha value is -2.33. The number of H-pyrrole nitrogens is 2. The summed E-state index contributed by atoms with van der Waals surface area (Å²) in [6.07, 6.45) is 0.914. The van der Waals surface area contributed by atoms with E-state index in [-0.39, 0.29) is 11.7 Å². The summed E-state index contributed by atoms with van der Waals surface area (Å²) in [4.78, 5) is 16.9. The molecule has 0 aliphatic carbocycles. The van der Waals surface area contributed by atoms with E-state index in [0.29, 0.717) is 0 Å². The van der Waals surface area contributed by atoms with E-state index in [4.69, 9.17) is 0 Å². The van der Waals surface area contributed by atoms with Crippen molar-refractivity contribution in [3.63, 3.8) is 0 Å². The third-order valence-corrected chi connectivity index (χ3v) is 3.57. The fourth-order valence-corrected chi connectivity index (χ4v) is 2.50. The molecule has 0 amide bonds. The molecule has 0 aliphatic heterocycles. The average Bonchev–Trinajstić information content (AvgIpc) is 2.85. The first kappa shape index (κ1) is 12.7. The minimum absolute atomic E-state index is 0.166. The molecule has 1 heterocycles. The molecule has 0 saturated heterocycles. The highest BCUT2D eigenvalue weighted by atomic mass is 16.1. The van der Waals surface area contributed by atoms with Crippen LogP contribution in [0.15, 0.2) is 53.3 Å². The number of fused-ring (bicyclic) bond motifs is 1. The van der Waals surface area contributed by atoms with Crippen LogP contribution in [0.5, 0.6) is 0 Å². The van der Waals surface area contributed by atoms with Gasteiger partial charge in [0.2, 0.25) is 0 Å². The van der Waals surface area contributed by atoms with E-state index in [1.807, 2.05) is 25.2 Å². The first-order chi connectivity index (χ1) is 9.76. The Balaban J connectivity index is 1.92. The van der Waals surface area contributed by atoms with Crippen LogP contribution in [0.2, 0.25) is 0 Å². The van der Waals surface area contributed by atoms with E-state index in [9.17, 15) is 4.79 Å². The minimum Gasteiger partial charge on any atom is -0.313 e. The van der Waals surface area contributed by atoms with E-state index in [0.717, 1.165) is 17.5 Å². The summed E-state index contributed by atoms with van der Waals surface area (Å²) in [6, 6.07) is 16.6. The number of nitrogens with one attached hydrogen (secondary N) is 3. The van der Waals surface area contributed by atoms with Crippen molar-refractivity contribution in [1.82, 2.24) is 15.3 Å². The van der Waals surface area contributed by atoms with Crippen molar-refractivity contribution in [3.05, 3.63) is 70.1 Å². The van der Waals surface area contributed by atoms with Gasteiger partial charge in [0.15, 0.2) is 0 Å². The summed E-state index contributed by atoms with van der Waals surface area (Å²) in [7, 11) is 1.96. The normalized spacial score (nSPS) is 12.7. The number of imidazole rings is 1. The molecule has 1 unspecified atom stereocenters. The number of hydrogen-bond acceptors (Lipinski definition) is 2. The Kier molecular flexibility index (Phi) is 3.39. The van der Waals surface area contributed by atoms with Crippen LogP contribution in [0.1, 0.15) is 17.2 Å². The zero-order chi connectivity index (χ0) is 13.9. The van der Waals surface area contributed by atoms with Crippen LogP contribution in [0, 0.1) is 0 Å². The van der Waals surface area contributed by atoms with Crippen LogP contribution < -0.4 is 11.0 Å². The quantitative estimate of drug-likeness (QED) is 0.679. The van der Waals surface area contributed by atoms with Gasteiger partial charge in [-0.15, -0.1) is 0 Å². The molecule has 4 heteroatoms. The van der Waals surface area contributed by atoms with Crippen LogP contribution >= 0.6 is 0 Å². The molecule has 20 heavy (non-hydrogen) atoms. The van der Waals surface area contributed by atoms with Crippen molar-refractivity contribution in [2.24, 2.45) is 0 Å². The third-order valence-electron chi connectivity index (χ3n) is 3.57. The first-order valence-electron chi connectivity index (χ1n) is 6.69. The van der Waals surface area contributed by atoms with Crippen molar-refractivity contribution in [3.8, 4) is 0 Å². The van der Waals surface area contributed by atoms with E-state index in [1.54, 1.807) is 0 Å². The monoisotopic (exact) mass is 267 g/mol. The minimum atomic E-state index is -0.166. The maximum Gasteiger partial charge on any atom is 0.323 e. The van der Waals surface area contributed by atoms with Gasteiger partial charge in [-0.05, 0) is 36.7 Å². The Bertz CT molecular complexity index is 758. The Morgan fingerprint density at radius 1 is 1.05 bits per heavy atom. The predicted molar refractivity (Wildman–Crippen MR) is 80.9 cm³/mol. The number of aromatic amines is 2. The van der Waals surface area contributed by atoms with Gasteiger partial charge in [0.25, 0.3) is 0 Å². The second-order valence-corrected chi connectivity index (χ2v) is 4.92. The lowest BCUT2D eigenvalue weighted by Gasteiger charge is -2.16. The summed E-state index contributed by atoms with van der Waals surface area (Å²) in [5.74, 6) is 0. The fraction of sp³-hybridized carbons (Fsp3) is 0.188. The van der Waals surface area contributed by atoms with Gasteiger partial charge in [-0.25, -0.2) is 4.79 Å². The Morgan fingerprint density at radius 3 is 2.55 bits per heavy atom. The number of likely N-dealkylation sites (N-methyl/N-ethyl adjacent to an activating group) is 1. The van der Waals surface area contributed by atoms with Gasteiger partial charge < -0.3 is 15.3 Å². The fourth-order valence-electron chi connectivity index (χ4n) is 2.50. The molecule has 0 fully saturated rings. The SMILES string of the molecule is CNC(Cc1ccccc1)c1ccc2[nH]c(=O)[nH]c2c1. The topological polar surface area (TPSA) is 60.7 Å². The lowest BCUT2D eigenvalue weighted by Crippen LogP contribution is -2.18. The molecule has 0 saturated carbocycles. The molecule has 0 bridgehead atoms. The maximum atomic E-state index is 11.3. The highest BCUT2D eigenvalue weighted by molar-refractivity contribution is 5.75. The van der Waals surface area contributed by atoms with E-state index in [1.165, 1.54) is 11.1 Å². The number of benzene rings is 2. The molecule has 1 atom stereocenters. The molecule has 3 rings (SSSR count). The third kappa shape index (κ3) is 2.51. The highest BCUT2D eigenvalue weighted by Gasteiger charge is 2.11. The zero-order valence-electron chi connectivity index (χ0n) is 11.3. The molecule has 3 N–H and O–H groups in total. The van der Waals surface area contributed by atoms with Gasteiger partial charge in [-0.3, -0.25) is 0 Å². The number of rotatable bonds is 4. The van der Waals surface area contributed by atoms with Gasteiger partial charge in [-0.1, -0.05) is 36.4 Å². The summed E-state index contributed by atoms with van der Waals surface area (Å²) >= 11 is 0. The van der Waals surface area contributed by atoms with Crippen molar-refractivity contribution in [2.75, 3.05) is 7.05 Å². The molecule has 3 aromatic rings. The molecular weight excluding hydrogens is 250 g/mol. The second kappa shape index (κ2) is 5.35. The molecule has 0 radical (unpaired) electrons. The van der Waals surface area contributed by atoms with Crippen LogP contribution in [-0.4, -0.2) is 17.0 Å². The molecule has 0 aliphatic rings. The number of hydrogen-bond donors (Lipinski definition) is 3.